The van der Waals surface area contributed by atoms with Crippen LogP contribution < -0.4 is 16.0 Å². The van der Waals surface area contributed by atoms with Crippen molar-refractivity contribution in [1.82, 2.24) is 5.32 Å². The van der Waals surface area contributed by atoms with Gasteiger partial charge in [0, 0.05) is 24.8 Å². The Morgan fingerprint density at radius 1 is 1.48 bits per heavy atom. The van der Waals surface area contributed by atoms with E-state index in [-0.39, 0.29) is 24.4 Å². The van der Waals surface area contributed by atoms with Crippen LogP contribution in [-0.2, 0) is 11.2 Å². The summed E-state index contributed by atoms with van der Waals surface area (Å²) in [5.74, 6) is -0.0352. The number of carbonyl (C=O) groups excluding carboxylic acids is 1. The molecule has 1 aliphatic heterocycles. The van der Waals surface area contributed by atoms with Crippen molar-refractivity contribution in [2.24, 2.45) is 5.73 Å². The summed E-state index contributed by atoms with van der Waals surface area (Å²) >= 11 is 0. The number of hydrogen-bond acceptors (Lipinski definition) is 3. The van der Waals surface area contributed by atoms with Gasteiger partial charge in [-0.15, -0.1) is 12.4 Å². The summed E-state index contributed by atoms with van der Waals surface area (Å²) in [6, 6.07) is 8.61. The monoisotopic (exact) mass is 311 g/mol. The number of halogens is 1. The van der Waals surface area contributed by atoms with Crippen LogP contribution in [-0.4, -0.2) is 31.1 Å². The molecule has 2 unspecified atom stereocenters. The Kier molecular flexibility index (Phi) is 6.99. The van der Waals surface area contributed by atoms with Gasteiger partial charge in [0.1, 0.15) is 0 Å². The van der Waals surface area contributed by atoms with Crippen molar-refractivity contribution >= 4 is 24.0 Å². The van der Waals surface area contributed by atoms with Crippen LogP contribution >= 0.6 is 12.4 Å². The first-order valence-corrected chi connectivity index (χ1v) is 7.51. The topological polar surface area (TPSA) is 58.4 Å². The maximum Gasteiger partial charge on any atom is 0.236 e. The number of carbonyl (C=O) groups is 1. The van der Waals surface area contributed by atoms with E-state index in [4.69, 9.17) is 5.73 Å². The van der Waals surface area contributed by atoms with Crippen molar-refractivity contribution in [3.8, 4) is 0 Å². The van der Waals surface area contributed by atoms with E-state index in [1.54, 1.807) is 0 Å². The maximum atomic E-state index is 11.8. The van der Waals surface area contributed by atoms with E-state index in [2.05, 4.69) is 41.4 Å². The van der Waals surface area contributed by atoms with E-state index < -0.39 is 0 Å². The lowest BCUT2D eigenvalue weighted by Crippen LogP contribution is -2.44. The number of anilines is 1. The number of fused-ring (bicyclic) bond motifs is 1. The van der Waals surface area contributed by atoms with Gasteiger partial charge in [-0.25, -0.2) is 0 Å². The second-order valence-corrected chi connectivity index (χ2v) is 5.56. The molecule has 118 valence electrons. The Morgan fingerprint density at radius 2 is 2.19 bits per heavy atom. The van der Waals surface area contributed by atoms with Crippen molar-refractivity contribution in [2.75, 3.05) is 18.0 Å². The van der Waals surface area contributed by atoms with E-state index in [1.165, 1.54) is 11.3 Å². The third-order valence-electron chi connectivity index (χ3n) is 3.94. The highest BCUT2D eigenvalue weighted by Crippen LogP contribution is 2.31. The lowest BCUT2D eigenvalue weighted by Gasteiger charge is -2.25. The maximum absolute atomic E-state index is 11.8. The molecule has 0 bridgehead atoms. The first-order valence-electron chi connectivity index (χ1n) is 7.51. The summed E-state index contributed by atoms with van der Waals surface area (Å²) in [7, 11) is 0. The van der Waals surface area contributed by atoms with Gasteiger partial charge in [-0.2, -0.15) is 0 Å². The molecule has 3 N–H and O–H groups in total. The van der Waals surface area contributed by atoms with E-state index in [0.717, 1.165) is 25.8 Å². The Labute approximate surface area is 133 Å². The largest absolute Gasteiger partial charge is 0.367 e. The van der Waals surface area contributed by atoms with Crippen LogP contribution in [0.3, 0.4) is 0 Å². The molecule has 0 radical (unpaired) electrons. The minimum absolute atomic E-state index is 0. The first-order chi connectivity index (χ1) is 9.63. The average Bonchev–Trinajstić information content (AvgIpc) is 2.75. The number of nitrogens with one attached hydrogen (secondary N) is 1. The Bertz CT molecular complexity index is 467. The third-order valence-corrected chi connectivity index (χ3v) is 3.94. The molecule has 1 aromatic rings. The van der Waals surface area contributed by atoms with Gasteiger partial charge in [-0.3, -0.25) is 4.79 Å². The summed E-state index contributed by atoms with van der Waals surface area (Å²) in [6.07, 6.45) is 2.76. The Hall–Kier alpha value is -1.26. The van der Waals surface area contributed by atoms with Crippen molar-refractivity contribution < 1.29 is 4.79 Å². The summed E-state index contributed by atoms with van der Waals surface area (Å²) in [4.78, 5) is 14.1. The minimum Gasteiger partial charge on any atom is -0.367 e. The lowest BCUT2D eigenvalue weighted by molar-refractivity contribution is -0.122. The summed E-state index contributed by atoms with van der Waals surface area (Å²) in [6.45, 7) is 5.75. The minimum atomic E-state index is -0.372. The SMILES string of the molecule is CCCC(N)C(=O)NCCN1c2ccccc2CC1C.Cl. The third kappa shape index (κ3) is 4.35. The molecule has 1 aliphatic rings. The standard InChI is InChI=1S/C16H25N3O.ClH/c1-3-6-14(17)16(20)18-9-10-19-12(2)11-13-7-4-5-8-15(13)19;/h4-5,7-8,12,14H,3,6,9-11,17H2,1-2H3,(H,18,20);1H. The summed E-state index contributed by atoms with van der Waals surface area (Å²) in [5, 5.41) is 2.94. The first kappa shape index (κ1) is 17.8. The zero-order chi connectivity index (χ0) is 14.5. The Morgan fingerprint density at radius 3 is 2.90 bits per heavy atom. The fourth-order valence-corrected chi connectivity index (χ4v) is 2.84. The predicted molar refractivity (Wildman–Crippen MR) is 90.1 cm³/mol. The van der Waals surface area contributed by atoms with Crippen LogP contribution in [0.5, 0.6) is 0 Å². The molecular weight excluding hydrogens is 286 g/mol. The molecule has 0 spiro atoms. The zero-order valence-corrected chi connectivity index (χ0v) is 13.7. The van der Waals surface area contributed by atoms with Crippen LogP contribution in [0, 0.1) is 0 Å². The zero-order valence-electron chi connectivity index (χ0n) is 12.8. The average molecular weight is 312 g/mol. The predicted octanol–water partition coefficient (Wildman–Crippen LogP) is 2.10. The molecule has 0 fully saturated rings. The van der Waals surface area contributed by atoms with Crippen molar-refractivity contribution in [2.45, 2.75) is 45.2 Å². The normalized spacial score (nSPS) is 17.9. The van der Waals surface area contributed by atoms with Crippen molar-refractivity contribution in [1.29, 1.82) is 0 Å². The summed E-state index contributed by atoms with van der Waals surface area (Å²) < 4.78 is 0. The molecule has 2 atom stereocenters. The van der Waals surface area contributed by atoms with Gasteiger partial charge in [-0.05, 0) is 31.4 Å². The molecule has 2 rings (SSSR count). The molecular formula is C16H26ClN3O. The van der Waals surface area contributed by atoms with Gasteiger partial charge in [0.15, 0.2) is 0 Å². The number of para-hydroxylation sites is 1. The quantitative estimate of drug-likeness (QED) is 0.846. The number of nitrogens with zero attached hydrogens (tertiary/aromatic N) is 1. The van der Waals surface area contributed by atoms with Gasteiger partial charge in [-0.1, -0.05) is 31.5 Å². The fraction of sp³-hybridized carbons (Fsp3) is 0.562. The molecule has 0 saturated heterocycles. The van der Waals surface area contributed by atoms with Crippen LogP contribution in [0.1, 0.15) is 32.3 Å². The van der Waals surface area contributed by atoms with Gasteiger partial charge in [0.2, 0.25) is 5.91 Å². The molecule has 4 nitrogen and oxygen atoms in total. The fourth-order valence-electron chi connectivity index (χ4n) is 2.84. The van der Waals surface area contributed by atoms with Crippen LogP contribution in [0.15, 0.2) is 24.3 Å². The highest BCUT2D eigenvalue weighted by Gasteiger charge is 2.25. The van der Waals surface area contributed by atoms with Crippen LogP contribution in [0.2, 0.25) is 0 Å². The highest BCUT2D eigenvalue weighted by molar-refractivity contribution is 5.85. The van der Waals surface area contributed by atoms with E-state index >= 15 is 0 Å². The Balaban J connectivity index is 0.00000220. The van der Waals surface area contributed by atoms with Crippen LogP contribution in [0.25, 0.3) is 0 Å². The van der Waals surface area contributed by atoms with Crippen molar-refractivity contribution in [3.05, 3.63) is 29.8 Å². The van der Waals surface area contributed by atoms with Gasteiger partial charge in [0.05, 0.1) is 6.04 Å². The van der Waals surface area contributed by atoms with Crippen molar-refractivity contribution in [3.63, 3.8) is 0 Å². The van der Waals surface area contributed by atoms with Crippen LogP contribution in [0.4, 0.5) is 5.69 Å². The number of benzene rings is 1. The number of hydrogen-bond donors (Lipinski definition) is 2. The number of rotatable bonds is 6. The molecule has 0 saturated carbocycles. The molecule has 0 aromatic heterocycles. The molecule has 1 amide bonds. The van der Waals surface area contributed by atoms with E-state index in [0.29, 0.717) is 12.6 Å². The summed E-state index contributed by atoms with van der Waals surface area (Å²) in [5.41, 5.74) is 8.50. The van der Waals surface area contributed by atoms with Gasteiger partial charge < -0.3 is 16.0 Å². The molecule has 5 heteroatoms. The molecule has 0 aliphatic carbocycles. The van der Waals surface area contributed by atoms with E-state index in [9.17, 15) is 4.79 Å². The number of amides is 1. The second kappa shape index (κ2) is 8.25. The highest BCUT2D eigenvalue weighted by atomic mass is 35.5. The molecule has 1 aromatic carbocycles. The van der Waals surface area contributed by atoms with E-state index in [1.807, 2.05) is 6.92 Å². The molecule has 1 heterocycles. The number of nitrogens with two attached hydrogens (primary N) is 1. The second-order valence-electron chi connectivity index (χ2n) is 5.56. The lowest BCUT2D eigenvalue weighted by atomic mass is 10.1. The van der Waals surface area contributed by atoms with Gasteiger partial charge in [0.25, 0.3) is 0 Å². The molecule has 21 heavy (non-hydrogen) atoms. The van der Waals surface area contributed by atoms with Gasteiger partial charge >= 0.3 is 0 Å². The smallest absolute Gasteiger partial charge is 0.236 e.